The van der Waals surface area contributed by atoms with Crippen LogP contribution in [0.4, 0.5) is 16.4 Å². The maximum atomic E-state index is 12.0. The van der Waals surface area contributed by atoms with Crippen molar-refractivity contribution in [1.82, 2.24) is 9.97 Å². The van der Waals surface area contributed by atoms with Crippen molar-refractivity contribution >= 4 is 17.7 Å². The monoisotopic (exact) mass is 414 g/mol. The second-order valence-electron chi connectivity index (χ2n) is 8.10. The highest BCUT2D eigenvalue weighted by molar-refractivity contribution is 5.83. The average Bonchev–Trinajstić information content (AvgIpc) is 2.69. The molecule has 1 N–H and O–H groups in total. The van der Waals surface area contributed by atoms with Crippen LogP contribution in [0.2, 0.25) is 0 Å². The molecule has 1 unspecified atom stereocenters. The van der Waals surface area contributed by atoms with Gasteiger partial charge in [0.05, 0.1) is 25.5 Å². The molecule has 1 saturated heterocycles. The molecule has 0 bridgehead atoms. The van der Waals surface area contributed by atoms with E-state index >= 15 is 0 Å². The Hall–Kier alpha value is -3.03. The van der Waals surface area contributed by atoms with Crippen molar-refractivity contribution in [3.05, 3.63) is 36.7 Å². The van der Waals surface area contributed by atoms with Crippen LogP contribution in [-0.4, -0.2) is 47.5 Å². The molecular weight excluding hydrogens is 384 g/mol. The van der Waals surface area contributed by atoms with Crippen molar-refractivity contribution in [2.75, 3.05) is 29.9 Å². The SMILES string of the molecule is CCOc1ccccc1OC1CCCN(c2cncc(NC(=O)OC(C)(C)C)n2)C1. The fourth-order valence-electron chi connectivity index (χ4n) is 3.22. The van der Waals surface area contributed by atoms with E-state index in [0.717, 1.165) is 30.9 Å². The fraction of sp³-hybridized carbons (Fsp3) is 0.500. The van der Waals surface area contributed by atoms with E-state index in [2.05, 4.69) is 20.2 Å². The molecule has 8 heteroatoms. The summed E-state index contributed by atoms with van der Waals surface area (Å²) in [4.78, 5) is 22.9. The van der Waals surface area contributed by atoms with Gasteiger partial charge in [-0.25, -0.2) is 9.78 Å². The van der Waals surface area contributed by atoms with Crippen LogP contribution in [0.15, 0.2) is 36.7 Å². The van der Waals surface area contributed by atoms with E-state index in [1.54, 1.807) is 6.20 Å². The highest BCUT2D eigenvalue weighted by atomic mass is 16.6. The zero-order chi connectivity index (χ0) is 21.6. The Morgan fingerprint density at radius 3 is 2.73 bits per heavy atom. The predicted octanol–water partition coefficient (Wildman–Crippen LogP) is 4.27. The summed E-state index contributed by atoms with van der Waals surface area (Å²) in [5, 5.41) is 2.64. The number of nitrogens with one attached hydrogen (secondary N) is 1. The Labute approximate surface area is 177 Å². The minimum Gasteiger partial charge on any atom is -0.490 e. The summed E-state index contributed by atoms with van der Waals surface area (Å²) in [6.45, 7) is 9.49. The smallest absolute Gasteiger partial charge is 0.413 e. The van der Waals surface area contributed by atoms with Gasteiger partial charge >= 0.3 is 6.09 Å². The van der Waals surface area contributed by atoms with Crippen molar-refractivity contribution in [2.24, 2.45) is 0 Å². The van der Waals surface area contributed by atoms with Gasteiger partial charge in [0.25, 0.3) is 0 Å². The molecule has 162 valence electrons. The Kier molecular flexibility index (Phi) is 6.97. The molecule has 0 saturated carbocycles. The number of rotatable bonds is 6. The topological polar surface area (TPSA) is 85.8 Å². The Morgan fingerprint density at radius 2 is 2.00 bits per heavy atom. The lowest BCUT2D eigenvalue weighted by Gasteiger charge is -2.33. The maximum Gasteiger partial charge on any atom is 0.413 e. The number of anilines is 2. The normalized spacial score (nSPS) is 16.7. The van der Waals surface area contributed by atoms with E-state index in [1.807, 2.05) is 52.0 Å². The molecule has 1 aliphatic rings. The van der Waals surface area contributed by atoms with E-state index in [-0.39, 0.29) is 6.10 Å². The molecule has 8 nitrogen and oxygen atoms in total. The van der Waals surface area contributed by atoms with E-state index in [4.69, 9.17) is 14.2 Å². The van der Waals surface area contributed by atoms with Gasteiger partial charge in [0.2, 0.25) is 0 Å². The number of para-hydroxylation sites is 2. The first kappa shape index (κ1) is 21.7. The number of carbonyl (C=O) groups is 1. The molecule has 3 rings (SSSR count). The van der Waals surface area contributed by atoms with Crippen molar-refractivity contribution in [3.63, 3.8) is 0 Å². The van der Waals surface area contributed by atoms with Crippen molar-refractivity contribution in [1.29, 1.82) is 0 Å². The molecule has 1 atom stereocenters. The van der Waals surface area contributed by atoms with E-state index in [9.17, 15) is 4.79 Å². The number of ether oxygens (including phenoxy) is 3. The van der Waals surface area contributed by atoms with Crippen LogP contribution in [0.5, 0.6) is 11.5 Å². The van der Waals surface area contributed by atoms with Gasteiger partial charge in [-0.05, 0) is 52.7 Å². The lowest BCUT2D eigenvalue weighted by Crippen LogP contribution is -2.41. The number of hydrogen-bond acceptors (Lipinski definition) is 7. The highest BCUT2D eigenvalue weighted by Gasteiger charge is 2.24. The van der Waals surface area contributed by atoms with E-state index in [1.165, 1.54) is 6.20 Å². The van der Waals surface area contributed by atoms with Crippen LogP contribution >= 0.6 is 0 Å². The zero-order valence-electron chi connectivity index (χ0n) is 18.1. The molecule has 1 aromatic heterocycles. The van der Waals surface area contributed by atoms with Crippen molar-refractivity contribution in [3.8, 4) is 11.5 Å². The van der Waals surface area contributed by atoms with Crippen molar-refractivity contribution in [2.45, 2.75) is 52.2 Å². The highest BCUT2D eigenvalue weighted by Crippen LogP contribution is 2.30. The number of piperidine rings is 1. The fourth-order valence-corrected chi connectivity index (χ4v) is 3.22. The summed E-state index contributed by atoms with van der Waals surface area (Å²) in [5.74, 6) is 2.54. The van der Waals surface area contributed by atoms with E-state index < -0.39 is 11.7 Å². The predicted molar refractivity (Wildman–Crippen MR) is 115 cm³/mol. The summed E-state index contributed by atoms with van der Waals surface area (Å²) in [7, 11) is 0. The van der Waals surface area contributed by atoms with E-state index in [0.29, 0.717) is 24.8 Å². The second kappa shape index (κ2) is 9.65. The summed E-state index contributed by atoms with van der Waals surface area (Å²) >= 11 is 0. The van der Waals surface area contributed by atoms with Gasteiger partial charge in [-0.15, -0.1) is 0 Å². The van der Waals surface area contributed by atoms with Crippen LogP contribution in [0.25, 0.3) is 0 Å². The third kappa shape index (κ3) is 6.23. The first-order valence-electron chi connectivity index (χ1n) is 10.3. The quantitative estimate of drug-likeness (QED) is 0.755. The minimum absolute atomic E-state index is 0.00428. The lowest BCUT2D eigenvalue weighted by molar-refractivity contribution is 0.0635. The first-order valence-corrected chi connectivity index (χ1v) is 10.3. The number of nitrogens with zero attached hydrogens (tertiary/aromatic N) is 3. The summed E-state index contributed by atoms with van der Waals surface area (Å²) < 4.78 is 17.2. The van der Waals surface area contributed by atoms with Gasteiger partial charge in [0.1, 0.15) is 17.5 Å². The molecular formula is C22H30N4O4. The molecule has 1 fully saturated rings. The van der Waals surface area contributed by atoms with Gasteiger partial charge in [0, 0.05) is 6.54 Å². The molecule has 30 heavy (non-hydrogen) atoms. The summed E-state index contributed by atoms with van der Waals surface area (Å²) in [5.41, 5.74) is -0.579. The number of aromatic nitrogens is 2. The zero-order valence-corrected chi connectivity index (χ0v) is 18.1. The minimum atomic E-state index is -0.579. The van der Waals surface area contributed by atoms with Gasteiger partial charge in [-0.3, -0.25) is 10.3 Å². The second-order valence-corrected chi connectivity index (χ2v) is 8.10. The standard InChI is InChI=1S/C22H30N4O4/c1-5-28-17-10-6-7-11-18(17)29-16-9-8-12-26(15-16)20-14-23-13-19(24-20)25-21(27)30-22(2,3)4/h6-7,10-11,13-14,16H,5,8-9,12,15H2,1-4H3,(H,24,25,27). The Morgan fingerprint density at radius 1 is 1.23 bits per heavy atom. The van der Waals surface area contributed by atoms with Gasteiger partial charge in [-0.1, -0.05) is 12.1 Å². The molecule has 0 aliphatic carbocycles. The molecule has 0 spiro atoms. The van der Waals surface area contributed by atoms with Gasteiger partial charge in [0.15, 0.2) is 17.3 Å². The van der Waals surface area contributed by atoms with Crippen LogP contribution in [0.3, 0.4) is 0 Å². The van der Waals surface area contributed by atoms with Gasteiger partial charge < -0.3 is 19.1 Å². The Balaban J connectivity index is 1.65. The molecule has 1 aliphatic heterocycles. The van der Waals surface area contributed by atoms with Gasteiger partial charge in [-0.2, -0.15) is 0 Å². The summed E-state index contributed by atoms with van der Waals surface area (Å²) in [6, 6.07) is 7.71. The maximum absolute atomic E-state index is 12.0. The molecule has 1 aromatic carbocycles. The molecule has 0 radical (unpaired) electrons. The third-order valence-electron chi connectivity index (χ3n) is 4.40. The lowest BCUT2D eigenvalue weighted by atomic mass is 10.1. The van der Waals surface area contributed by atoms with Crippen molar-refractivity contribution < 1.29 is 19.0 Å². The number of hydrogen-bond donors (Lipinski definition) is 1. The average molecular weight is 415 g/mol. The number of amides is 1. The molecule has 1 amide bonds. The van der Waals surface area contributed by atoms with Crippen LogP contribution in [-0.2, 0) is 4.74 Å². The first-order chi connectivity index (χ1) is 14.3. The molecule has 2 aromatic rings. The van der Waals surface area contributed by atoms with Crippen LogP contribution in [0, 0.1) is 0 Å². The Bertz CT molecular complexity index is 853. The number of benzene rings is 1. The van der Waals surface area contributed by atoms with Crippen LogP contribution in [0.1, 0.15) is 40.5 Å². The summed E-state index contributed by atoms with van der Waals surface area (Å²) in [6.07, 6.45) is 4.55. The molecule has 2 heterocycles. The largest absolute Gasteiger partial charge is 0.490 e. The number of carbonyl (C=O) groups excluding carboxylic acids is 1. The van der Waals surface area contributed by atoms with Crippen LogP contribution < -0.4 is 19.7 Å². The third-order valence-corrected chi connectivity index (χ3v) is 4.40.